The molecule has 0 aliphatic rings. The van der Waals surface area contributed by atoms with Crippen LogP contribution in [0.15, 0.2) is 24.3 Å². The Kier molecular flexibility index (Phi) is 4.47. The Labute approximate surface area is 108 Å². The fraction of sp³-hybridized carbons (Fsp3) is 0.429. The molecule has 0 fully saturated rings. The average molecular weight is 244 g/mol. The van der Waals surface area contributed by atoms with Crippen molar-refractivity contribution in [1.29, 1.82) is 0 Å². The third-order valence-corrected chi connectivity index (χ3v) is 2.92. The van der Waals surface area contributed by atoms with E-state index in [1.807, 2.05) is 13.1 Å². The van der Waals surface area contributed by atoms with Gasteiger partial charge in [0.15, 0.2) is 5.82 Å². The first kappa shape index (κ1) is 12.8. The van der Waals surface area contributed by atoms with E-state index in [0.717, 1.165) is 43.0 Å². The molecule has 1 heterocycles. The lowest BCUT2D eigenvalue weighted by atomic mass is 10.0. The summed E-state index contributed by atoms with van der Waals surface area (Å²) in [7, 11) is 1.97. The van der Waals surface area contributed by atoms with Gasteiger partial charge in [-0.25, -0.2) is 4.98 Å². The highest BCUT2D eigenvalue weighted by Crippen LogP contribution is 2.20. The molecule has 0 unspecified atom stereocenters. The number of H-pyrrole nitrogens is 1. The third kappa shape index (κ3) is 2.96. The minimum absolute atomic E-state index is 0.810. The van der Waals surface area contributed by atoms with Crippen molar-refractivity contribution >= 4 is 0 Å². The van der Waals surface area contributed by atoms with Gasteiger partial charge in [0.05, 0.1) is 0 Å². The lowest BCUT2D eigenvalue weighted by molar-refractivity contribution is 0.792. The van der Waals surface area contributed by atoms with Gasteiger partial charge < -0.3 is 5.32 Å². The molecule has 96 valence electrons. The number of benzene rings is 1. The summed E-state index contributed by atoms with van der Waals surface area (Å²) >= 11 is 0. The van der Waals surface area contributed by atoms with E-state index >= 15 is 0 Å². The van der Waals surface area contributed by atoms with Crippen molar-refractivity contribution in [2.24, 2.45) is 0 Å². The van der Waals surface area contributed by atoms with Crippen molar-refractivity contribution in [2.75, 3.05) is 13.6 Å². The Bertz CT molecular complexity index is 490. The largest absolute Gasteiger partial charge is 0.319 e. The molecule has 18 heavy (non-hydrogen) atoms. The summed E-state index contributed by atoms with van der Waals surface area (Å²) in [5, 5.41) is 10.5. The average Bonchev–Trinajstić information content (AvgIpc) is 2.86. The van der Waals surface area contributed by atoms with Gasteiger partial charge in [0.2, 0.25) is 0 Å². The van der Waals surface area contributed by atoms with Crippen molar-refractivity contribution in [2.45, 2.75) is 26.2 Å². The smallest absolute Gasteiger partial charge is 0.181 e. The summed E-state index contributed by atoms with van der Waals surface area (Å²) in [6, 6.07) is 8.33. The standard InChI is InChI=1S/C14H20N4/c1-3-6-13-16-14(18-17-13)12-8-5-4-7-11(12)9-10-15-2/h4-5,7-8,15H,3,6,9-10H2,1-2H3,(H,16,17,18). The molecule has 0 atom stereocenters. The maximum Gasteiger partial charge on any atom is 0.181 e. The van der Waals surface area contributed by atoms with E-state index in [1.54, 1.807) is 0 Å². The predicted octanol–water partition coefficient (Wildman–Crippen LogP) is 2.19. The van der Waals surface area contributed by atoms with Gasteiger partial charge in [-0.15, -0.1) is 0 Å². The van der Waals surface area contributed by atoms with Gasteiger partial charge in [-0.3, -0.25) is 5.10 Å². The van der Waals surface area contributed by atoms with Crippen LogP contribution in [0.5, 0.6) is 0 Å². The second kappa shape index (κ2) is 6.31. The summed E-state index contributed by atoms with van der Waals surface area (Å²) in [4.78, 5) is 4.55. The fourth-order valence-electron chi connectivity index (χ4n) is 1.98. The number of aromatic amines is 1. The van der Waals surface area contributed by atoms with Gasteiger partial charge in [-0.1, -0.05) is 31.2 Å². The van der Waals surface area contributed by atoms with Crippen LogP contribution in [0.3, 0.4) is 0 Å². The number of rotatable bonds is 6. The number of aromatic nitrogens is 3. The molecule has 0 amide bonds. The van der Waals surface area contributed by atoms with Gasteiger partial charge in [0.25, 0.3) is 0 Å². The molecule has 0 saturated heterocycles. The zero-order valence-corrected chi connectivity index (χ0v) is 11.0. The second-order valence-electron chi connectivity index (χ2n) is 4.37. The van der Waals surface area contributed by atoms with Crippen molar-refractivity contribution in [3.8, 4) is 11.4 Å². The van der Waals surface area contributed by atoms with Crippen molar-refractivity contribution in [3.63, 3.8) is 0 Å². The van der Waals surface area contributed by atoms with Crippen molar-refractivity contribution < 1.29 is 0 Å². The normalized spacial score (nSPS) is 10.8. The minimum atomic E-state index is 0.810. The molecule has 0 bridgehead atoms. The molecule has 1 aromatic heterocycles. The van der Waals surface area contributed by atoms with E-state index in [1.165, 1.54) is 5.56 Å². The van der Waals surface area contributed by atoms with Crippen LogP contribution in [0, 0.1) is 0 Å². The quantitative estimate of drug-likeness (QED) is 0.819. The molecule has 0 aliphatic heterocycles. The molecule has 0 saturated carbocycles. The number of likely N-dealkylation sites (N-methyl/N-ethyl adjacent to an activating group) is 1. The van der Waals surface area contributed by atoms with Crippen molar-refractivity contribution in [3.05, 3.63) is 35.7 Å². The lowest BCUT2D eigenvalue weighted by Crippen LogP contribution is -2.10. The lowest BCUT2D eigenvalue weighted by Gasteiger charge is -2.05. The van der Waals surface area contributed by atoms with Gasteiger partial charge in [0.1, 0.15) is 5.82 Å². The highest BCUT2D eigenvalue weighted by molar-refractivity contribution is 5.59. The highest BCUT2D eigenvalue weighted by atomic mass is 15.2. The minimum Gasteiger partial charge on any atom is -0.319 e. The van der Waals surface area contributed by atoms with Crippen LogP contribution < -0.4 is 5.32 Å². The second-order valence-corrected chi connectivity index (χ2v) is 4.37. The van der Waals surface area contributed by atoms with Crippen LogP contribution in [0.1, 0.15) is 24.7 Å². The maximum atomic E-state index is 4.55. The summed E-state index contributed by atoms with van der Waals surface area (Å²) in [5.41, 5.74) is 2.42. The number of hydrogen-bond donors (Lipinski definition) is 2. The zero-order chi connectivity index (χ0) is 12.8. The molecule has 4 nitrogen and oxygen atoms in total. The van der Waals surface area contributed by atoms with Gasteiger partial charge in [-0.2, -0.15) is 5.10 Å². The highest BCUT2D eigenvalue weighted by Gasteiger charge is 2.09. The third-order valence-electron chi connectivity index (χ3n) is 2.92. The zero-order valence-electron chi connectivity index (χ0n) is 11.0. The molecule has 4 heteroatoms. The van der Waals surface area contributed by atoms with Crippen LogP contribution in [-0.4, -0.2) is 28.8 Å². The number of nitrogens with one attached hydrogen (secondary N) is 2. The Balaban J connectivity index is 2.25. The Hall–Kier alpha value is -1.68. The number of aryl methyl sites for hydroxylation is 1. The van der Waals surface area contributed by atoms with Gasteiger partial charge in [-0.05, 0) is 32.0 Å². The van der Waals surface area contributed by atoms with E-state index in [2.05, 4.69) is 45.6 Å². The molecule has 0 radical (unpaired) electrons. The van der Waals surface area contributed by atoms with E-state index in [4.69, 9.17) is 0 Å². The van der Waals surface area contributed by atoms with Gasteiger partial charge in [0, 0.05) is 12.0 Å². The van der Waals surface area contributed by atoms with Crippen molar-refractivity contribution in [1.82, 2.24) is 20.5 Å². The number of hydrogen-bond acceptors (Lipinski definition) is 3. The summed E-state index contributed by atoms with van der Waals surface area (Å²) in [5.74, 6) is 1.78. The first-order chi connectivity index (χ1) is 8.85. The van der Waals surface area contributed by atoms with E-state index in [-0.39, 0.29) is 0 Å². The van der Waals surface area contributed by atoms with Crippen LogP contribution in [0.2, 0.25) is 0 Å². The molecular formula is C14H20N4. The van der Waals surface area contributed by atoms with Crippen LogP contribution >= 0.6 is 0 Å². The van der Waals surface area contributed by atoms with Crippen LogP contribution in [-0.2, 0) is 12.8 Å². The van der Waals surface area contributed by atoms with Crippen LogP contribution in [0.4, 0.5) is 0 Å². The predicted molar refractivity (Wildman–Crippen MR) is 73.4 cm³/mol. The molecule has 0 spiro atoms. The van der Waals surface area contributed by atoms with E-state index < -0.39 is 0 Å². The molecule has 2 rings (SSSR count). The summed E-state index contributed by atoms with van der Waals surface area (Å²) < 4.78 is 0. The topological polar surface area (TPSA) is 53.6 Å². The SMILES string of the molecule is CCCc1nc(-c2ccccc2CCNC)n[nH]1. The molecule has 1 aromatic carbocycles. The fourth-order valence-corrected chi connectivity index (χ4v) is 1.98. The molecule has 2 aromatic rings. The number of nitrogens with zero attached hydrogens (tertiary/aromatic N) is 2. The Morgan fingerprint density at radius 3 is 2.83 bits per heavy atom. The Morgan fingerprint density at radius 2 is 2.06 bits per heavy atom. The first-order valence-electron chi connectivity index (χ1n) is 6.49. The summed E-state index contributed by atoms with van der Waals surface area (Å²) in [6.45, 7) is 3.10. The summed E-state index contributed by atoms with van der Waals surface area (Å²) in [6.07, 6.45) is 3.02. The maximum absolute atomic E-state index is 4.55. The molecule has 2 N–H and O–H groups in total. The van der Waals surface area contributed by atoms with Crippen LogP contribution in [0.25, 0.3) is 11.4 Å². The van der Waals surface area contributed by atoms with Gasteiger partial charge >= 0.3 is 0 Å². The molecule has 0 aliphatic carbocycles. The first-order valence-corrected chi connectivity index (χ1v) is 6.49. The van der Waals surface area contributed by atoms with E-state index in [0.29, 0.717) is 0 Å². The molecular weight excluding hydrogens is 224 g/mol. The monoisotopic (exact) mass is 244 g/mol. The van der Waals surface area contributed by atoms with E-state index in [9.17, 15) is 0 Å². The Morgan fingerprint density at radius 1 is 1.22 bits per heavy atom.